The van der Waals surface area contributed by atoms with Crippen molar-refractivity contribution >= 4 is 40.0 Å². The van der Waals surface area contributed by atoms with Crippen LogP contribution in [0.25, 0.3) is 0 Å². The molecule has 10 heteroatoms. The van der Waals surface area contributed by atoms with E-state index in [-0.39, 0.29) is 28.6 Å². The van der Waals surface area contributed by atoms with Crippen molar-refractivity contribution in [3.05, 3.63) is 35.9 Å². The number of benzene rings is 1. The van der Waals surface area contributed by atoms with E-state index in [2.05, 4.69) is 31.9 Å². The topological polar surface area (TPSA) is 143 Å². The summed E-state index contributed by atoms with van der Waals surface area (Å²) in [5, 5.41) is 5.71. The molecule has 0 spiro atoms. The molecule has 0 saturated carbocycles. The highest BCUT2D eigenvalue weighted by atomic mass is 27.0. The Morgan fingerprint density at radius 2 is 1.94 bits per heavy atom. The number of hydrogen-bond donors (Lipinski definition) is 4. The molecule has 0 aliphatic carbocycles. The van der Waals surface area contributed by atoms with E-state index in [4.69, 9.17) is 11.5 Å². The summed E-state index contributed by atoms with van der Waals surface area (Å²) in [6, 6.07) is 8.26. The van der Waals surface area contributed by atoms with Gasteiger partial charge < -0.3 is 27.0 Å². The maximum Gasteiger partial charge on any atom is 0.246 e. The Morgan fingerprint density at radius 1 is 1.23 bits per heavy atom. The van der Waals surface area contributed by atoms with Crippen molar-refractivity contribution in [2.45, 2.75) is 56.0 Å². The molecule has 0 bridgehead atoms. The maximum atomic E-state index is 13.2. The number of amides is 3. The Labute approximate surface area is 191 Å². The van der Waals surface area contributed by atoms with E-state index >= 15 is 0 Å². The number of carbonyl (C=O) groups excluding carboxylic acids is 3. The zero-order valence-corrected chi connectivity index (χ0v) is 19.1. The van der Waals surface area contributed by atoms with Gasteiger partial charge in [-0.1, -0.05) is 30.3 Å². The second-order valence-corrected chi connectivity index (χ2v) is 8.50. The molecule has 1 saturated heterocycles. The number of carbonyl (C=O) groups is 3. The number of hydrogen-bond acceptors (Lipinski definition) is 4. The molecule has 0 unspecified atom stereocenters. The van der Waals surface area contributed by atoms with Gasteiger partial charge in [0, 0.05) is 26.4 Å². The van der Waals surface area contributed by atoms with Gasteiger partial charge in [-0.25, -0.2) is 0 Å². The molecule has 1 aliphatic heterocycles. The van der Waals surface area contributed by atoms with Crippen molar-refractivity contribution in [2.75, 3.05) is 13.1 Å². The molecule has 6 N–H and O–H groups in total. The lowest BCUT2D eigenvalue weighted by atomic mass is 10.0. The van der Waals surface area contributed by atoms with Crippen LogP contribution in [0.3, 0.4) is 0 Å². The molecule has 1 fully saturated rings. The minimum Gasteiger partial charge on any atom is -0.370 e. The Morgan fingerprint density at radius 3 is 2.58 bits per heavy atom. The number of nitrogens with one attached hydrogen (secondary N) is 2. The van der Waals surface area contributed by atoms with Crippen molar-refractivity contribution < 1.29 is 14.4 Å². The predicted molar refractivity (Wildman–Crippen MR) is 120 cm³/mol. The van der Waals surface area contributed by atoms with Gasteiger partial charge >= 0.3 is 0 Å². The molecule has 2 radical (unpaired) electrons. The third-order valence-electron chi connectivity index (χ3n) is 5.09. The van der Waals surface area contributed by atoms with Crippen LogP contribution in [0.4, 0.5) is 0 Å². The average molecular weight is 443 g/mol. The molecular weight excluding hydrogens is 411 g/mol. The summed E-state index contributed by atoms with van der Waals surface area (Å²) >= 11 is 2.60. The van der Waals surface area contributed by atoms with Gasteiger partial charge in [-0.05, 0) is 36.2 Å². The SMILES string of the molecule is CC(=O)N[C@H](Cc1ccccc1)C(=O)N1CCC[C@H]1C(=O)N[C@H]([Al])CCCN=C(N)N. The van der Waals surface area contributed by atoms with E-state index in [0.717, 1.165) is 18.4 Å². The first-order valence-corrected chi connectivity index (χ1v) is 11.2. The maximum absolute atomic E-state index is 13.2. The highest BCUT2D eigenvalue weighted by Gasteiger charge is 2.37. The average Bonchev–Trinajstić information content (AvgIpc) is 3.20. The number of guanidine groups is 1. The van der Waals surface area contributed by atoms with Crippen LogP contribution in [0.2, 0.25) is 0 Å². The third kappa shape index (κ3) is 8.23. The normalized spacial score (nSPS) is 17.5. The van der Waals surface area contributed by atoms with Gasteiger partial charge in [0.05, 0.1) is 0 Å². The van der Waals surface area contributed by atoms with Gasteiger partial charge in [-0.15, -0.1) is 0 Å². The first kappa shape index (κ1) is 24.7. The molecule has 3 atom stereocenters. The van der Waals surface area contributed by atoms with Crippen LogP contribution < -0.4 is 22.1 Å². The molecule has 166 valence electrons. The zero-order chi connectivity index (χ0) is 22.8. The summed E-state index contributed by atoms with van der Waals surface area (Å²) in [7, 11) is 0. The zero-order valence-electron chi connectivity index (χ0n) is 17.9. The van der Waals surface area contributed by atoms with Crippen molar-refractivity contribution in [1.29, 1.82) is 0 Å². The minimum atomic E-state index is -0.709. The first-order valence-electron chi connectivity index (χ1n) is 10.5. The van der Waals surface area contributed by atoms with Crippen LogP contribution in [0, 0.1) is 0 Å². The Balaban J connectivity index is 1.98. The Bertz CT molecular complexity index is 785. The van der Waals surface area contributed by atoms with Gasteiger partial charge in [0.2, 0.25) is 17.7 Å². The fourth-order valence-electron chi connectivity index (χ4n) is 3.67. The number of nitrogens with zero attached hydrogens (tertiary/aromatic N) is 2. The van der Waals surface area contributed by atoms with E-state index < -0.39 is 12.1 Å². The minimum absolute atomic E-state index is 0.0497. The summed E-state index contributed by atoms with van der Waals surface area (Å²) in [6.07, 6.45) is 3.13. The molecule has 9 nitrogen and oxygen atoms in total. The molecular formula is C21H31AlN6O3. The largest absolute Gasteiger partial charge is 0.370 e. The summed E-state index contributed by atoms with van der Waals surface area (Å²) in [6.45, 7) is 2.38. The van der Waals surface area contributed by atoms with Crippen LogP contribution in [-0.2, 0) is 20.8 Å². The van der Waals surface area contributed by atoms with Gasteiger partial charge in [0.1, 0.15) is 12.1 Å². The van der Waals surface area contributed by atoms with Crippen molar-refractivity contribution in [3.63, 3.8) is 0 Å². The molecule has 0 aromatic heterocycles. The van der Waals surface area contributed by atoms with E-state index in [9.17, 15) is 14.4 Å². The van der Waals surface area contributed by atoms with E-state index in [1.165, 1.54) is 6.92 Å². The first-order chi connectivity index (χ1) is 14.8. The van der Waals surface area contributed by atoms with Crippen LogP contribution in [0.5, 0.6) is 0 Å². The summed E-state index contributed by atoms with van der Waals surface area (Å²) < 4.78 is 0. The molecule has 2 rings (SSSR count). The van der Waals surface area contributed by atoms with Crippen molar-refractivity contribution in [3.8, 4) is 0 Å². The van der Waals surface area contributed by atoms with E-state index in [1.54, 1.807) is 4.90 Å². The fraction of sp³-hybridized carbons (Fsp3) is 0.524. The number of likely N-dealkylation sites (tertiary alicyclic amines) is 1. The van der Waals surface area contributed by atoms with Crippen LogP contribution in [0.1, 0.15) is 38.2 Å². The molecule has 1 heterocycles. The molecule has 1 aliphatic rings. The molecule has 1 aromatic carbocycles. The van der Waals surface area contributed by atoms with Gasteiger partial charge in [-0.3, -0.25) is 19.4 Å². The van der Waals surface area contributed by atoms with Crippen LogP contribution in [-0.4, -0.2) is 74.9 Å². The lowest BCUT2D eigenvalue weighted by Crippen LogP contribution is -2.55. The van der Waals surface area contributed by atoms with E-state index in [0.29, 0.717) is 32.4 Å². The standard InChI is InChI=1S/C21H31N6O3.Al/c1-15(28)26-17(14-16-8-3-2-4-9-16)20(30)27-13-7-10-18(27)19(29)24-11-5-6-12-25-21(22)23;/h2-4,8-9,11,17-18H,5-7,10,12-14H2,1H3,(H,24,29)(H,26,28)(H4,22,23,25);/t17-,18+;/m1./s1. The Hall–Kier alpha value is -2.57. The van der Waals surface area contributed by atoms with Crippen molar-refractivity contribution in [2.24, 2.45) is 16.5 Å². The van der Waals surface area contributed by atoms with Crippen molar-refractivity contribution in [1.82, 2.24) is 15.5 Å². The predicted octanol–water partition coefficient (Wildman–Crippen LogP) is -0.611. The Kier molecular flexibility index (Phi) is 9.82. The molecule has 3 amide bonds. The lowest BCUT2D eigenvalue weighted by Gasteiger charge is -2.29. The highest BCUT2D eigenvalue weighted by molar-refractivity contribution is 6.13. The van der Waals surface area contributed by atoms with Gasteiger partial charge in [0.25, 0.3) is 0 Å². The quantitative estimate of drug-likeness (QED) is 0.165. The molecule has 1 aromatic rings. The second kappa shape index (κ2) is 12.3. The number of rotatable bonds is 10. The monoisotopic (exact) mass is 442 g/mol. The van der Waals surface area contributed by atoms with Crippen LogP contribution >= 0.6 is 0 Å². The number of aliphatic imine (C=N–C) groups is 1. The summed E-state index contributed by atoms with van der Waals surface area (Å²) in [4.78, 5) is 43.2. The fourth-order valence-corrected chi connectivity index (χ4v) is 4.07. The lowest BCUT2D eigenvalue weighted by molar-refractivity contribution is -0.141. The summed E-state index contributed by atoms with van der Waals surface area (Å²) in [5.74, 6) is -0.646. The third-order valence-corrected chi connectivity index (χ3v) is 5.59. The highest BCUT2D eigenvalue weighted by Crippen LogP contribution is 2.20. The van der Waals surface area contributed by atoms with Gasteiger partial charge in [0.15, 0.2) is 22.2 Å². The summed E-state index contributed by atoms with van der Waals surface area (Å²) in [5.41, 5.74) is 11.6. The van der Waals surface area contributed by atoms with Crippen LogP contribution in [0.15, 0.2) is 35.3 Å². The molecule has 31 heavy (non-hydrogen) atoms. The smallest absolute Gasteiger partial charge is 0.246 e. The number of nitrogens with two attached hydrogens (primary N) is 2. The second-order valence-electron chi connectivity index (χ2n) is 7.70. The van der Waals surface area contributed by atoms with Gasteiger partial charge in [-0.2, -0.15) is 0 Å². The van der Waals surface area contributed by atoms with E-state index in [1.807, 2.05) is 30.3 Å².